The first kappa shape index (κ1) is 12.5. The standard InChI is InChI=1S/C14H12N2OS/c1-16-14(17)13(18-2)12(10-15-16)9-8-11-6-4-3-5-7-11/h3-7,10H,1-2H3. The Balaban J connectivity index is 2.45. The third-order valence-electron chi connectivity index (χ3n) is 2.41. The van der Waals surface area contributed by atoms with Crippen LogP contribution < -0.4 is 5.56 Å². The van der Waals surface area contributed by atoms with Crippen LogP contribution in [0.15, 0.2) is 46.2 Å². The molecule has 0 radical (unpaired) electrons. The van der Waals surface area contributed by atoms with E-state index in [1.165, 1.54) is 16.4 Å². The second kappa shape index (κ2) is 5.56. The van der Waals surface area contributed by atoms with Crippen LogP contribution in [0.3, 0.4) is 0 Å². The Labute approximate surface area is 110 Å². The van der Waals surface area contributed by atoms with E-state index >= 15 is 0 Å². The lowest BCUT2D eigenvalue weighted by Gasteiger charge is -2.01. The lowest BCUT2D eigenvalue weighted by molar-refractivity contribution is 0.686. The van der Waals surface area contributed by atoms with Gasteiger partial charge in [0.15, 0.2) is 0 Å². The van der Waals surface area contributed by atoms with E-state index in [0.29, 0.717) is 10.5 Å². The van der Waals surface area contributed by atoms with Crippen LogP contribution >= 0.6 is 11.8 Å². The molecule has 0 N–H and O–H groups in total. The molecule has 4 heteroatoms. The van der Waals surface area contributed by atoms with E-state index in [9.17, 15) is 4.79 Å². The highest BCUT2D eigenvalue weighted by molar-refractivity contribution is 7.98. The molecule has 0 atom stereocenters. The van der Waals surface area contributed by atoms with Crippen molar-refractivity contribution in [3.05, 3.63) is 58.0 Å². The average Bonchev–Trinajstić information content (AvgIpc) is 2.41. The van der Waals surface area contributed by atoms with Gasteiger partial charge >= 0.3 is 0 Å². The van der Waals surface area contributed by atoms with E-state index < -0.39 is 0 Å². The van der Waals surface area contributed by atoms with Crippen molar-refractivity contribution >= 4 is 11.8 Å². The second-order valence-corrected chi connectivity index (χ2v) is 4.45. The molecule has 0 saturated carbocycles. The van der Waals surface area contributed by atoms with Gasteiger partial charge in [0.2, 0.25) is 0 Å². The first-order chi connectivity index (χ1) is 8.72. The number of nitrogens with zero attached hydrogens (tertiary/aromatic N) is 2. The summed E-state index contributed by atoms with van der Waals surface area (Å²) in [6.45, 7) is 0. The topological polar surface area (TPSA) is 34.9 Å². The van der Waals surface area contributed by atoms with Gasteiger partial charge in [0.05, 0.1) is 16.7 Å². The number of hydrogen-bond acceptors (Lipinski definition) is 3. The Morgan fingerprint density at radius 1 is 1.22 bits per heavy atom. The van der Waals surface area contributed by atoms with Crippen LogP contribution in [0.5, 0.6) is 0 Å². The van der Waals surface area contributed by atoms with Crippen LogP contribution in [0.25, 0.3) is 0 Å². The normalized spacial score (nSPS) is 9.67. The second-order valence-electron chi connectivity index (χ2n) is 3.64. The average molecular weight is 256 g/mol. The van der Waals surface area contributed by atoms with Gasteiger partial charge in [-0.05, 0) is 18.4 Å². The highest BCUT2D eigenvalue weighted by Gasteiger charge is 2.06. The zero-order chi connectivity index (χ0) is 13.0. The van der Waals surface area contributed by atoms with E-state index in [4.69, 9.17) is 0 Å². The summed E-state index contributed by atoms with van der Waals surface area (Å²) in [6.07, 6.45) is 3.49. The summed E-state index contributed by atoms with van der Waals surface area (Å²) in [4.78, 5) is 12.5. The number of aryl methyl sites for hydroxylation is 1. The minimum atomic E-state index is -0.109. The van der Waals surface area contributed by atoms with E-state index in [2.05, 4.69) is 16.9 Å². The van der Waals surface area contributed by atoms with E-state index in [1.807, 2.05) is 36.6 Å². The molecule has 1 aromatic carbocycles. The molecule has 0 amide bonds. The minimum Gasteiger partial charge on any atom is -0.266 e. The van der Waals surface area contributed by atoms with Gasteiger partial charge in [0.1, 0.15) is 0 Å². The SMILES string of the molecule is CSc1c(C#Cc2ccccc2)cnn(C)c1=O. The van der Waals surface area contributed by atoms with Crippen molar-refractivity contribution in [2.75, 3.05) is 6.26 Å². The zero-order valence-corrected chi connectivity index (χ0v) is 11.0. The first-order valence-electron chi connectivity index (χ1n) is 5.39. The number of rotatable bonds is 1. The van der Waals surface area contributed by atoms with Crippen molar-refractivity contribution in [2.24, 2.45) is 7.05 Å². The molecular formula is C14H12N2OS. The Kier molecular flexibility index (Phi) is 3.85. The quantitative estimate of drug-likeness (QED) is 0.577. The summed E-state index contributed by atoms with van der Waals surface area (Å²) >= 11 is 1.40. The molecule has 0 saturated heterocycles. The van der Waals surface area contributed by atoms with Gasteiger partial charge in [-0.25, -0.2) is 4.68 Å². The van der Waals surface area contributed by atoms with Crippen LogP contribution in [0.4, 0.5) is 0 Å². The molecule has 3 nitrogen and oxygen atoms in total. The fraction of sp³-hybridized carbons (Fsp3) is 0.143. The minimum absolute atomic E-state index is 0.109. The lowest BCUT2D eigenvalue weighted by atomic mass is 10.2. The Bertz CT molecular complexity index is 666. The number of thioether (sulfide) groups is 1. The van der Waals surface area contributed by atoms with Crippen LogP contribution in [0.1, 0.15) is 11.1 Å². The maximum atomic E-state index is 11.8. The summed E-state index contributed by atoms with van der Waals surface area (Å²) in [5.41, 5.74) is 1.49. The van der Waals surface area contributed by atoms with E-state index in [1.54, 1.807) is 13.2 Å². The summed E-state index contributed by atoms with van der Waals surface area (Å²) in [6, 6.07) is 9.67. The van der Waals surface area contributed by atoms with Crippen LogP contribution in [-0.4, -0.2) is 16.0 Å². The van der Waals surface area contributed by atoms with Gasteiger partial charge in [0.25, 0.3) is 5.56 Å². The monoisotopic (exact) mass is 256 g/mol. The molecule has 0 bridgehead atoms. The first-order valence-corrected chi connectivity index (χ1v) is 6.62. The van der Waals surface area contributed by atoms with Crippen molar-refractivity contribution in [3.8, 4) is 11.8 Å². The largest absolute Gasteiger partial charge is 0.281 e. The highest BCUT2D eigenvalue weighted by atomic mass is 32.2. The van der Waals surface area contributed by atoms with Gasteiger partial charge in [0, 0.05) is 12.6 Å². The maximum Gasteiger partial charge on any atom is 0.281 e. The Morgan fingerprint density at radius 2 is 1.94 bits per heavy atom. The number of benzene rings is 1. The molecule has 0 fully saturated rings. The lowest BCUT2D eigenvalue weighted by Crippen LogP contribution is -2.21. The van der Waals surface area contributed by atoms with Gasteiger partial charge in [-0.3, -0.25) is 4.79 Å². The molecule has 0 unspecified atom stereocenters. The predicted octanol–water partition coefficient (Wildman–Crippen LogP) is 1.90. The van der Waals surface area contributed by atoms with Gasteiger partial charge in [-0.15, -0.1) is 11.8 Å². The molecule has 1 aromatic heterocycles. The molecule has 0 aliphatic heterocycles. The molecule has 0 spiro atoms. The molecule has 2 aromatic rings. The van der Waals surface area contributed by atoms with E-state index in [0.717, 1.165) is 5.56 Å². The summed E-state index contributed by atoms with van der Waals surface area (Å²) in [5, 5.41) is 3.99. The van der Waals surface area contributed by atoms with Crippen molar-refractivity contribution in [2.45, 2.75) is 4.90 Å². The number of hydrogen-bond donors (Lipinski definition) is 0. The fourth-order valence-electron chi connectivity index (χ4n) is 1.46. The van der Waals surface area contributed by atoms with Gasteiger partial charge < -0.3 is 0 Å². The summed E-state index contributed by atoms with van der Waals surface area (Å²) in [5.74, 6) is 6.03. The van der Waals surface area contributed by atoms with Crippen LogP contribution in [0.2, 0.25) is 0 Å². The zero-order valence-electron chi connectivity index (χ0n) is 10.2. The van der Waals surface area contributed by atoms with Crippen LogP contribution in [0, 0.1) is 11.8 Å². The maximum absolute atomic E-state index is 11.8. The molecule has 0 aliphatic carbocycles. The van der Waals surface area contributed by atoms with Gasteiger partial charge in [-0.2, -0.15) is 5.10 Å². The van der Waals surface area contributed by atoms with Crippen LogP contribution in [-0.2, 0) is 7.05 Å². The molecule has 0 aliphatic rings. The van der Waals surface area contributed by atoms with Crippen molar-refractivity contribution < 1.29 is 0 Å². The third kappa shape index (κ3) is 2.63. The summed E-state index contributed by atoms with van der Waals surface area (Å²) in [7, 11) is 1.64. The van der Waals surface area contributed by atoms with Crippen molar-refractivity contribution in [3.63, 3.8) is 0 Å². The van der Waals surface area contributed by atoms with Crippen molar-refractivity contribution in [1.29, 1.82) is 0 Å². The van der Waals surface area contributed by atoms with E-state index in [-0.39, 0.29) is 5.56 Å². The van der Waals surface area contributed by atoms with Gasteiger partial charge in [-0.1, -0.05) is 30.0 Å². The predicted molar refractivity (Wildman–Crippen MR) is 73.7 cm³/mol. The fourth-order valence-corrected chi connectivity index (χ4v) is 2.10. The molecule has 2 rings (SSSR count). The summed E-state index contributed by atoms with van der Waals surface area (Å²) < 4.78 is 1.32. The Hall–Kier alpha value is -1.99. The Morgan fingerprint density at radius 3 is 2.61 bits per heavy atom. The number of aromatic nitrogens is 2. The molecular weight excluding hydrogens is 244 g/mol. The molecule has 18 heavy (non-hydrogen) atoms. The molecule has 1 heterocycles. The molecule has 90 valence electrons. The van der Waals surface area contributed by atoms with Crippen molar-refractivity contribution in [1.82, 2.24) is 9.78 Å². The third-order valence-corrected chi connectivity index (χ3v) is 3.22. The highest BCUT2D eigenvalue weighted by Crippen LogP contribution is 2.13. The smallest absolute Gasteiger partial charge is 0.266 e.